The monoisotopic (exact) mass is 273 g/mol. The predicted octanol–water partition coefficient (Wildman–Crippen LogP) is 2.89. The lowest BCUT2D eigenvalue weighted by Gasteiger charge is -2.00. The minimum absolute atomic E-state index is 0.290. The van der Waals surface area contributed by atoms with Crippen LogP contribution in [-0.4, -0.2) is 9.97 Å². The SMILES string of the molecule is NCc1ccc2nc(Cc3ccc(F)cc3F)[nH]c2c1. The Morgan fingerprint density at radius 3 is 2.70 bits per heavy atom. The number of imidazole rings is 1. The normalized spacial score (nSPS) is 11.2. The second-order valence-electron chi connectivity index (χ2n) is 4.65. The molecular weight excluding hydrogens is 260 g/mol. The van der Waals surface area contributed by atoms with Gasteiger partial charge in [0.2, 0.25) is 0 Å². The van der Waals surface area contributed by atoms with Gasteiger partial charge in [0.25, 0.3) is 0 Å². The standard InChI is InChI=1S/C15H13F2N3/c16-11-3-2-10(12(17)7-11)6-15-19-13-4-1-9(8-18)5-14(13)20-15/h1-5,7H,6,8,18H2,(H,19,20). The highest BCUT2D eigenvalue weighted by atomic mass is 19.1. The Morgan fingerprint density at radius 2 is 1.95 bits per heavy atom. The van der Waals surface area contributed by atoms with Crippen LogP contribution in [0.25, 0.3) is 11.0 Å². The van der Waals surface area contributed by atoms with E-state index in [1.54, 1.807) is 0 Å². The zero-order chi connectivity index (χ0) is 14.1. The molecule has 1 heterocycles. The van der Waals surface area contributed by atoms with E-state index < -0.39 is 11.6 Å². The maximum Gasteiger partial charge on any atom is 0.129 e. The molecular formula is C15H13F2N3. The lowest BCUT2D eigenvalue weighted by Crippen LogP contribution is -1.95. The Kier molecular flexibility index (Phi) is 3.20. The van der Waals surface area contributed by atoms with Crippen molar-refractivity contribution in [2.24, 2.45) is 5.73 Å². The molecule has 0 bridgehead atoms. The predicted molar refractivity (Wildman–Crippen MR) is 73.1 cm³/mol. The molecule has 0 fully saturated rings. The summed E-state index contributed by atoms with van der Waals surface area (Å²) >= 11 is 0. The Morgan fingerprint density at radius 1 is 1.10 bits per heavy atom. The number of H-pyrrole nitrogens is 1. The van der Waals surface area contributed by atoms with Crippen molar-refractivity contribution >= 4 is 11.0 Å². The number of nitrogens with zero attached hydrogens (tertiary/aromatic N) is 1. The number of nitrogens with two attached hydrogens (primary N) is 1. The van der Waals surface area contributed by atoms with Crippen molar-refractivity contribution < 1.29 is 8.78 Å². The van der Waals surface area contributed by atoms with Crippen LogP contribution in [-0.2, 0) is 13.0 Å². The van der Waals surface area contributed by atoms with E-state index in [2.05, 4.69) is 9.97 Å². The number of aromatic nitrogens is 2. The minimum atomic E-state index is -0.580. The van der Waals surface area contributed by atoms with E-state index in [1.165, 1.54) is 12.1 Å². The van der Waals surface area contributed by atoms with Gasteiger partial charge in [0, 0.05) is 19.0 Å². The fourth-order valence-corrected chi connectivity index (χ4v) is 2.17. The van der Waals surface area contributed by atoms with Gasteiger partial charge in [-0.25, -0.2) is 13.8 Å². The van der Waals surface area contributed by atoms with Crippen LogP contribution in [0.15, 0.2) is 36.4 Å². The smallest absolute Gasteiger partial charge is 0.129 e. The molecule has 20 heavy (non-hydrogen) atoms. The van der Waals surface area contributed by atoms with Gasteiger partial charge < -0.3 is 10.7 Å². The molecule has 3 N–H and O–H groups in total. The zero-order valence-corrected chi connectivity index (χ0v) is 10.7. The third-order valence-corrected chi connectivity index (χ3v) is 3.20. The average Bonchev–Trinajstić information content (AvgIpc) is 2.83. The molecule has 1 aromatic heterocycles. The molecule has 3 rings (SSSR count). The molecule has 0 spiro atoms. The summed E-state index contributed by atoms with van der Waals surface area (Å²) in [6.45, 7) is 0.455. The summed E-state index contributed by atoms with van der Waals surface area (Å²) in [6.07, 6.45) is 0.290. The van der Waals surface area contributed by atoms with Gasteiger partial charge in [-0.1, -0.05) is 12.1 Å². The van der Waals surface area contributed by atoms with E-state index in [4.69, 9.17) is 5.73 Å². The second kappa shape index (κ2) is 5.02. The summed E-state index contributed by atoms with van der Waals surface area (Å²) in [5, 5.41) is 0. The fraction of sp³-hybridized carbons (Fsp3) is 0.133. The first-order chi connectivity index (χ1) is 9.65. The van der Waals surface area contributed by atoms with E-state index in [-0.39, 0.29) is 0 Å². The zero-order valence-electron chi connectivity index (χ0n) is 10.7. The highest BCUT2D eigenvalue weighted by Crippen LogP contribution is 2.17. The van der Waals surface area contributed by atoms with Crippen molar-refractivity contribution in [3.8, 4) is 0 Å². The van der Waals surface area contributed by atoms with E-state index in [0.717, 1.165) is 22.7 Å². The number of nitrogens with one attached hydrogen (secondary N) is 1. The molecule has 0 aliphatic carbocycles. The summed E-state index contributed by atoms with van der Waals surface area (Å²) in [6, 6.07) is 9.26. The van der Waals surface area contributed by atoms with Crippen LogP contribution in [0.2, 0.25) is 0 Å². The van der Waals surface area contributed by atoms with Gasteiger partial charge in [0.1, 0.15) is 17.5 Å². The lowest BCUT2D eigenvalue weighted by atomic mass is 10.1. The van der Waals surface area contributed by atoms with E-state index in [9.17, 15) is 8.78 Å². The first-order valence-corrected chi connectivity index (χ1v) is 6.27. The number of halogens is 2. The largest absolute Gasteiger partial charge is 0.342 e. The highest BCUT2D eigenvalue weighted by molar-refractivity contribution is 5.75. The molecule has 2 aromatic carbocycles. The van der Waals surface area contributed by atoms with Gasteiger partial charge in [0.05, 0.1) is 11.0 Å². The Bertz CT molecular complexity index is 765. The van der Waals surface area contributed by atoms with Crippen molar-refractivity contribution in [2.75, 3.05) is 0 Å². The van der Waals surface area contributed by atoms with Gasteiger partial charge in [-0.05, 0) is 29.3 Å². The summed E-state index contributed by atoms with van der Waals surface area (Å²) in [5.41, 5.74) is 8.66. The molecule has 0 radical (unpaired) electrons. The van der Waals surface area contributed by atoms with Gasteiger partial charge in [-0.2, -0.15) is 0 Å². The average molecular weight is 273 g/mol. The summed E-state index contributed by atoms with van der Waals surface area (Å²) < 4.78 is 26.5. The van der Waals surface area contributed by atoms with E-state index in [0.29, 0.717) is 24.4 Å². The number of hydrogen-bond acceptors (Lipinski definition) is 2. The van der Waals surface area contributed by atoms with Crippen LogP contribution in [0, 0.1) is 11.6 Å². The first kappa shape index (κ1) is 12.7. The highest BCUT2D eigenvalue weighted by Gasteiger charge is 2.08. The lowest BCUT2D eigenvalue weighted by molar-refractivity contribution is 0.574. The van der Waals surface area contributed by atoms with Crippen molar-refractivity contribution in [2.45, 2.75) is 13.0 Å². The third kappa shape index (κ3) is 2.40. The summed E-state index contributed by atoms with van der Waals surface area (Å²) in [4.78, 5) is 7.52. The number of fused-ring (bicyclic) bond motifs is 1. The van der Waals surface area contributed by atoms with Gasteiger partial charge in [0.15, 0.2) is 0 Å². The number of aromatic amines is 1. The number of hydrogen-bond donors (Lipinski definition) is 2. The molecule has 3 aromatic rings. The molecule has 0 amide bonds. The van der Waals surface area contributed by atoms with Gasteiger partial charge >= 0.3 is 0 Å². The van der Waals surface area contributed by atoms with Gasteiger partial charge in [-0.3, -0.25) is 0 Å². The molecule has 0 saturated heterocycles. The van der Waals surface area contributed by atoms with Crippen molar-refractivity contribution in [1.82, 2.24) is 9.97 Å². The molecule has 102 valence electrons. The number of rotatable bonds is 3. The molecule has 0 saturated carbocycles. The topological polar surface area (TPSA) is 54.7 Å². The van der Waals surface area contributed by atoms with Crippen LogP contribution in [0.1, 0.15) is 17.0 Å². The Balaban J connectivity index is 1.94. The second-order valence-corrected chi connectivity index (χ2v) is 4.65. The fourth-order valence-electron chi connectivity index (χ4n) is 2.17. The molecule has 3 nitrogen and oxygen atoms in total. The Hall–Kier alpha value is -2.27. The summed E-state index contributed by atoms with van der Waals surface area (Å²) in [7, 11) is 0. The first-order valence-electron chi connectivity index (χ1n) is 6.27. The van der Waals surface area contributed by atoms with Crippen LogP contribution in [0.4, 0.5) is 8.78 Å². The van der Waals surface area contributed by atoms with Gasteiger partial charge in [-0.15, -0.1) is 0 Å². The van der Waals surface area contributed by atoms with E-state index in [1.807, 2.05) is 18.2 Å². The van der Waals surface area contributed by atoms with Crippen molar-refractivity contribution in [1.29, 1.82) is 0 Å². The molecule has 0 aliphatic rings. The van der Waals surface area contributed by atoms with Crippen LogP contribution in [0.3, 0.4) is 0 Å². The van der Waals surface area contributed by atoms with Crippen LogP contribution in [0.5, 0.6) is 0 Å². The van der Waals surface area contributed by atoms with E-state index >= 15 is 0 Å². The maximum atomic E-state index is 13.6. The molecule has 5 heteroatoms. The maximum absolute atomic E-state index is 13.6. The third-order valence-electron chi connectivity index (χ3n) is 3.20. The quantitative estimate of drug-likeness (QED) is 0.771. The van der Waals surface area contributed by atoms with Crippen LogP contribution >= 0.6 is 0 Å². The molecule has 0 aliphatic heterocycles. The minimum Gasteiger partial charge on any atom is -0.342 e. The number of benzene rings is 2. The van der Waals surface area contributed by atoms with Crippen molar-refractivity contribution in [3.63, 3.8) is 0 Å². The van der Waals surface area contributed by atoms with Crippen LogP contribution < -0.4 is 5.73 Å². The van der Waals surface area contributed by atoms with Crippen molar-refractivity contribution in [3.05, 3.63) is 65.0 Å². The Labute approximate surface area is 114 Å². The molecule has 0 atom stereocenters. The summed E-state index contributed by atoms with van der Waals surface area (Å²) in [5.74, 6) is -0.503. The molecule has 0 unspecified atom stereocenters.